The Balaban J connectivity index is 2.55. The molecule has 7 heteroatoms. The van der Waals surface area contributed by atoms with E-state index in [0.717, 1.165) is 0 Å². The molecular weight excluding hydrogens is 291 g/mol. The van der Waals surface area contributed by atoms with E-state index < -0.39 is 11.8 Å². The number of rotatable bonds is 6. The number of anilines is 1. The van der Waals surface area contributed by atoms with E-state index in [-0.39, 0.29) is 17.7 Å². The molecule has 0 aliphatic rings. The SMILES string of the molecule is CSC[C@H](CCO)NC(=O)Nc1ccc(F)c(Cl)c1. The van der Waals surface area contributed by atoms with E-state index >= 15 is 0 Å². The molecular formula is C12H16ClFN2O2S. The Bertz CT molecular complexity index is 428. The third kappa shape index (κ3) is 5.67. The number of carbonyl (C=O) groups excluding carboxylic acids is 1. The van der Waals surface area contributed by atoms with E-state index in [0.29, 0.717) is 17.9 Å². The van der Waals surface area contributed by atoms with Gasteiger partial charge in [0.2, 0.25) is 0 Å². The largest absolute Gasteiger partial charge is 0.396 e. The molecule has 0 aliphatic heterocycles. The van der Waals surface area contributed by atoms with Crippen LogP contribution in [0, 0.1) is 5.82 Å². The van der Waals surface area contributed by atoms with Gasteiger partial charge in [-0.15, -0.1) is 0 Å². The quantitative estimate of drug-likeness (QED) is 0.757. The molecule has 19 heavy (non-hydrogen) atoms. The summed E-state index contributed by atoms with van der Waals surface area (Å²) >= 11 is 7.20. The standard InChI is InChI=1S/C12H16ClFN2O2S/c1-19-7-9(4-5-17)16-12(18)15-8-2-3-11(14)10(13)6-8/h2-3,6,9,17H,4-5,7H2,1H3,(H2,15,16,18)/t9-/m0/s1. The van der Waals surface area contributed by atoms with Crippen molar-refractivity contribution in [1.29, 1.82) is 0 Å². The number of amides is 2. The van der Waals surface area contributed by atoms with Crippen LogP contribution in [0.3, 0.4) is 0 Å². The van der Waals surface area contributed by atoms with Crippen LogP contribution < -0.4 is 10.6 Å². The van der Waals surface area contributed by atoms with Gasteiger partial charge in [0.05, 0.1) is 5.02 Å². The highest BCUT2D eigenvalue weighted by molar-refractivity contribution is 7.98. The van der Waals surface area contributed by atoms with Crippen LogP contribution in [0.15, 0.2) is 18.2 Å². The smallest absolute Gasteiger partial charge is 0.319 e. The van der Waals surface area contributed by atoms with Gasteiger partial charge in [0.25, 0.3) is 0 Å². The van der Waals surface area contributed by atoms with Gasteiger partial charge >= 0.3 is 6.03 Å². The Morgan fingerprint density at radius 2 is 2.32 bits per heavy atom. The summed E-state index contributed by atoms with van der Waals surface area (Å²) in [6.07, 6.45) is 2.40. The fourth-order valence-corrected chi connectivity index (χ4v) is 2.31. The molecule has 1 rings (SSSR count). The molecule has 3 N–H and O–H groups in total. The number of hydrogen-bond acceptors (Lipinski definition) is 3. The summed E-state index contributed by atoms with van der Waals surface area (Å²) < 4.78 is 13.0. The molecule has 0 heterocycles. The second-order valence-corrected chi connectivity index (χ2v) is 5.21. The van der Waals surface area contributed by atoms with Crippen molar-refractivity contribution in [2.75, 3.05) is 23.9 Å². The van der Waals surface area contributed by atoms with Crippen LogP contribution in [0.5, 0.6) is 0 Å². The van der Waals surface area contributed by atoms with E-state index in [4.69, 9.17) is 16.7 Å². The van der Waals surface area contributed by atoms with Gasteiger partial charge in [0.1, 0.15) is 5.82 Å². The first-order valence-corrected chi connectivity index (χ1v) is 7.46. The summed E-state index contributed by atoms with van der Waals surface area (Å²) in [6.45, 7) is 0.00782. The zero-order valence-corrected chi connectivity index (χ0v) is 12.0. The van der Waals surface area contributed by atoms with Crippen LogP contribution in [-0.4, -0.2) is 35.8 Å². The fraction of sp³-hybridized carbons (Fsp3) is 0.417. The molecule has 0 fully saturated rings. The third-order valence-electron chi connectivity index (χ3n) is 2.36. The van der Waals surface area contributed by atoms with Gasteiger partial charge < -0.3 is 15.7 Å². The lowest BCUT2D eigenvalue weighted by molar-refractivity contribution is 0.241. The van der Waals surface area contributed by atoms with E-state index in [2.05, 4.69) is 10.6 Å². The Morgan fingerprint density at radius 3 is 2.89 bits per heavy atom. The van der Waals surface area contributed by atoms with Crippen LogP contribution in [0.25, 0.3) is 0 Å². The average Bonchev–Trinajstić information content (AvgIpc) is 2.34. The summed E-state index contributed by atoms with van der Waals surface area (Å²) in [7, 11) is 0. The minimum absolute atomic E-state index is 0.00782. The van der Waals surface area contributed by atoms with E-state index in [9.17, 15) is 9.18 Å². The maximum Gasteiger partial charge on any atom is 0.319 e. The molecule has 0 spiro atoms. The zero-order chi connectivity index (χ0) is 14.3. The molecule has 1 aromatic rings. The van der Waals surface area contributed by atoms with Gasteiger partial charge in [0.15, 0.2) is 0 Å². The molecule has 2 amide bonds. The third-order valence-corrected chi connectivity index (χ3v) is 3.38. The molecule has 0 radical (unpaired) electrons. The molecule has 0 saturated carbocycles. The van der Waals surface area contributed by atoms with Crippen molar-refractivity contribution in [3.05, 3.63) is 29.0 Å². The number of urea groups is 1. The first kappa shape index (κ1) is 16.1. The van der Waals surface area contributed by atoms with Crippen LogP contribution in [0.1, 0.15) is 6.42 Å². The topological polar surface area (TPSA) is 61.4 Å². The number of carbonyl (C=O) groups is 1. The Hall–Kier alpha value is -0.980. The van der Waals surface area contributed by atoms with E-state index in [1.165, 1.54) is 18.2 Å². The lowest BCUT2D eigenvalue weighted by atomic mass is 10.2. The summed E-state index contributed by atoms with van der Waals surface area (Å²) in [4.78, 5) is 11.7. The maximum atomic E-state index is 13.0. The monoisotopic (exact) mass is 306 g/mol. The van der Waals surface area contributed by atoms with Crippen molar-refractivity contribution in [2.24, 2.45) is 0 Å². The van der Waals surface area contributed by atoms with Crippen LogP contribution in [0.2, 0.25) is 5.02 Å². The molecule has 0 saturated heterocycles. The fourth-order valence-electron chi connectivity index (χ4n) is 1.48. The van der Waals surface area contributed by atoms with E-state index in [1.807, 2.05) is 6.26 Å². The van der Waals surface area contributed by atoms with Gasteiger partial charge in [-0.2, -0.15) is 11.8 Å². The van der Waals surface area contributed by atoms with Crippen molar-refractivity contribution in [1.82, 2.24) is 5.32 Å². The number of halogens is 2. The first-order chi connectivity index (χ1) is 9.06. The van der Waals surface area contributed by atoms with Gasteiger partial charge in [0, 0.05) is 24.1 Å². The minimum atomic E-state index is -0.534. The van der Waals surface area contributed by atoms with Crippen molar-refractivity contribution in [3.8, 4) is 0 Å². The van der Waals surface area contributed by atoms with Crippen molar-refractivity contribution in [2.45, 2.75) is 12.5 Å². The number of aliphatic hydroxyl groups excluding tert-OH is 1. The Morgan fingerprint density at radius 1 is 1.58 bits per heavy atom. The Labute approximate surface area is 120 Å². The molecule has 0 aliphatic carbocycles. The van der Waals surface area contributed by atoms with Crippen molar-refractivity contribution in [3.63, 3.8) is 0 Å². The van der Waals surface area contributed by atoms with Crippen molar-refractivity contribution < 1.29 is 14.3 Å². The molecule has 4 nitrogen and oxygen atoms in total. The van der Waals surface area contributed by atoms with Crippen LogP contribution >= 0.6 is 23.4 Å². The zero-order valence-electron chi connectivity index (χ0n) is 10.5. The average molecular weight is 307 g/mol. The van der Waals surface area contributed by atoms with Gasteiger partial charge in [-0.1, -0.05) is 11.6 Å². The molecule has 106 valence electrons. The summed E-state index contributed by atoms with van der Waals surface area (Å²) in [5, 5.41) is 14.1. The number of aliphatic hydroxyl groups is 1. The van der Waals surface area contributed by atoms with Crippen LogP contribution in [-0.2, 0) is 0 Å². The number of thioether (sulfide) groups is 1. The lowest BCUT2D eigenvalue weighted by Crippen LogP contribution is -2.40. The lowest BCUT2D eigenvalue weighted by Gasteiger charge is -2.17. The van der Waals surface area contributed by atoms with E-state index in [1.54, 1.807) is 11.8 Å². The highest BCUT2D eigenvalue weighted by Gasteiger charge is 2.11. The highest BCUT2D eigenvalue weighted by Crippen LogP contribution is 2.19. The number of hydrogen-bond donors (Lipinski definition) is 3. The summed E-state index contributed by atoms with van der Waals surface area (Å²) in [5.41, 5.74) is 0.413. The number of benzene rings is 1. The molecule has 1 aromatic carbocycles. The Kier molecular flexibility index (Phi) is 6.97. The predicted octanol–water partition coefficient (Wildman–Crippen LogP) is 2.71. The normalized spacial score (nSPS) is 12.0. The maximum absolute atomic E-state index is 13.0. The van der Waals surface area contributed by atoms with Gasteiger partial charge in [-0.3, -0.25) is 0 Å². The van der Waals surface area contributed by atoms with Gasteiger partial charge in [-0.25, -0.2) is 9.18 Å². The molecule has 1 atom stereocenters. The summed E-state index contributed by atoms with van der Waals surface area (Å²) in [6, 6.07) is 3.43. The predicted molar refractivity (Wildman–Crippen MR) is 77.4 cm³/mol. The molecule has 0 unspecified atom stereocenters. The van der Waals surface area contributed by atoms with Crippen LogP contribution in [0.4, 0.5) is 14.9 Å². The second kappa shape index (κ2) is 8.24. The van der Waals surface area contributed by atoms with Gasteiger partial charge in [-0.05, 0) is 30.9 Å². The second-order valence-electron chi connectivity index (χ2n) is 3.89. The molecule has 0 aromatic heterocycles. The van der Waals surface area contributed by atoms with Crippen molar-refractivity contribution >= 4 is 35.1 Å². The first-order valence-electron chi connectivity index (χ1n) is 5.69. The summed E-state index contributed by atoms with van der Waals surface area (Å²) in [5.74, 6) is 0.172. The highest BCUT2D eigenvalue weighted by atomic mass is 35.5. The minimum Gasteiger partial charge on any atom is -0.396 e. The molecule has 0 bridgehead atoms. The number of nitrogens with one attached hydrogen (secondary N) is 2.